The number of ether oxygens (including phenoxy) is 1. The molecule has 0 aromatic carbocycles. The van der Waals surface area contributed by atoms with Crippen molar-refractivity contribution in [3.8, 4) is 0 Å². The minimum Gasteiger partial charge on any atom is -0.385 e. The van der Waals surface area contributed by atoms with E-state index in [4.69, 9.17) is 4.74 Å². The molecular weight excluding hydrogens is 170 g/mol. The molecule has 13 heavy (non-hydrogen) atoms. The van der Waals surface area contributed by atoms with Crippen LogP contribution in [0.5, 0.6) is 0 Å². The van der Waals surface area contributed by atoms with E-state index in [2.05, 4.69) is 5.32 Å². The van der Waals surface area contributed by atoms with E-state index in [9.17, 15) is 9.59 Å². The zero-order chi connectivity index (χ0) is 10.1. The van der Waals surface area contributed by atoms with Crippen LogP contribution in [0.4, 0.5) is 0 Å². The maximum Gasteiger partial charge on any atom is 0.220 e. The third-order valence-electron chi connectivity index (χ3n) is 1.62. The van der Waals surface area contributed by atoms with Gasteiger partial charge in [-0.2, -0.15) is 0 Å². The molecule has 0 aliphatic rings. The summed E-state index contributed by atoms with van der Waals surface area (Å²) in [7, 11) is 1.57. The molecule has 4 heteroatoms. The lowest BCUT2D eigenvalue weighted by atomic mass is 10.2. The van der Waals surface area contributed by atoms with Crippen LogP contribution in [0, 0.1) is 0 Å². The standard InChI is InChI=1S/C9H17NO3/c1-3-4-9(12)10-8(7-11)5-6-13-2/h7-8H,3-6H2,1-2H3,(H,10,12). The molecule has 1 atom stereocenters. The largest absolute Gasteiger partial charge is 0.385 e. The van der Waals surface area contributed by atoms with Crippen molar-refractivity contribution >= 4 is 12.2 Å². The minimum absolute atomic E-state index is 0.0734. The lowest BCUT2D eigenvalue weighted by molar-refractivity contribution is -0.124. The molecule has 0 saturated carbocycles. The zero-order valence-electron chi connectivity index (χ0n) is 8.21. The SMILES string of the molecule is CCCC(=O)NC(C=O)CCOC. The van der Waals surface area contributed by atoms with E-state index in [-0.39, 0.29) is 5.91 Å². The summed E-state index contributed by atoms with van der Waals surface area (Å²) in [6, 6.07) is -0.404. The molecule has 76 valence electrons. The Hall–Kier alpha value is -0.900. The van der Waals surface area contributed by atoms with Crippen molar-refractivity contribution in [2.75, 3.05) is 13.7 Å². The van der Waals surface area contributed by atoms with Crippen LogP contribution in [0.2, 0.25) is 0 Å². The Balaban J connectivity index is 3.69. The molecular formula is C9H17NO3. The van der Waals surface area contributed by atoms with Gasteiger partial charge in [-0.25, -0.2) is 0 Å². The Morgan fingerprint density at radius 1 is 1.62 bits per heavy atom. The van der Waals surface area contributed by atoms with Crippen molar-refractivity contribution < 1.29 is 14.3 Å². The summed E-state index contributed by atoms with van der Waals surface area (Å²) >= 11 is 0. The second kappa shape index (κ2) is 7.73. The minimum atomic E-state index is -0.404. The number of carbonyl (C=O) groups excluding carboxylic acids is 2. The Morgan fingerprint density at radius 2 is 2.31 bits per heavy atom. The highest BCUT2D eigenvalue weighted by atomic mass is 16.5. The van der Waals surface area contributed by atoms with Gasteiger partial charge in [0.15, 0.2) is 0 Å². The molecule has 0 bridgehead atoms. The smallest absolute Gasteiger partial charge is 0.220 e. The van der Waals surface area contributed by atoms with Gasteiger partial charge in [0.05, 0.1) is 6.04 Å². The summed E-state index contributed by atoms with van der Waals surface area (Å²) in [5, 5.41) is 2.62. The average Bonchev–Trinajstić information content (AvgIpc) is 2.12. The van der Waals surface area contributed by atoms with E-state index >= 15 is 0 Å². The van der Waals surface area contributed by atoms with Crippen molar-refractivity contribution in [1.82, 2.24) is 5.32 Å². The third-order valence-corrected chi connectivity index (χ3v) is 1.62. The molecule has 0 radical (unpaired) electrons. The molecule has 0 saturated heterocycles. The summed E-state index contributed by atoms with van der Waals surface area (Å²) in [4.78, 5) is 21.5. The summed E-state index contributed by atoms with van der Waals surface area (Å²) in [5.41, 5.74) is 0. The topological polar surface area (TPSA) is 55.4 Å². The van der Waals surface area contributed by atoms with E-state index in [0.717, 1.165) is 12.7 Å². The summed E-state index contributed by atoms with van der Waals surface area (Å²) in [6.07, 6.45) is 2.54. The van der Waals surface area contributed by atoms with Crippen molar-refractivity contribution in [2.24, 2.45) is 0 Å². The number of amides is 1. The van der Waals surface area contributed by atoms with Crippen LogP contribution in [0.15, 0.2) is 0 Å². The van der Waals surface area contributed by atoms with Gasteiger partial charge in [0, 0.05) is 20.1 Å². The van der Waals surface area contributed by atoms with Gasteiger partial charge in [0.1, 0.15) is 6.29 Å². The van der Waals surface area contributed by atoms with Gasteiger partial charge in [-0.15, -0.1) is 0 Å². The second-order valence-electron chi connectivity index (χ2n) is 2.84. The third kappa shape index (κ3) is 6.28. The van der Waals surface area contributed by atoms with Crippen molar-refractivity contribution in [3.63, 3.8) is 0 Å². The summed E-state index contributed by atoms with van der Waals surface area (Å²) < 4.78 is 4.81. The van der Waals surface area contributed by atoms with Crippen LogP contribution in [-0.4, -0.2) is 32.0 Å². The molecule has 0 aromatic heterocycles. The molecule has 1 amide bonds. The van der Waals surface area contributed by atoms with E-state index in [1.165, 1.54) is 0 Å². The molecule has 0 aliphatic carbocycles. The Labute approximate surface area is 78.6 Å². The first kappa shape index (κ1) is 12.1. The number of carbonyl (C=O) groups is 2. The molecule has 0 aromatic rings. The van der Waals surface area contributed by atoms with Crippen LogP contribution in [0.3, 0.4) is 0 Å². The number of methoxy groups -OCH3 is 1. The van der Waals surface area contributed by atoms with E-state index in [1.54, 1.807) is 7.11 Å². The number of aldehydes is 1. The maximum absolute atomic E-state index is 11.1. The molecule has 1 N–H and O–H groups in total. The molecule has 0 rings (SSSR count). The lowest BCUT2D eigenvalue weighted by Gasteiger charge is -2.11. The normalized spacial score (nSPS) is 12.2. The molecule has 0 aliphatic heterocycles. The fraction of sp³-hybridized carbons (Fsp3) is 0.778. The van der Waals surface area contributed by atoms with Crippen LogP contribution < -0.4 is 5.32 Å². The van der Waals surface area contributed by atoms with Gasteiger partial charge in [-0.3, -0.25) is 4.79 Å². The number of nitrogens with one attached hydrogen (secondary N) is 1. The number of rotatable bonds is 7. The van der Waals surface area contributed by atoms with E-state index < -0.39 is 6.04 Å². The van der Waals surface area contributed by atoms with Crippen molar-refractivity contribution in [2.45, 2.75) is 32.2 Å². The number of hydrogen-bond acceptors (Lipinski definition) is 3. The summed E-state index contributed by atoms with van der Waals surface area (Å²) in [5.74, 6) is -0.0734. The Morgan fingerprint density at radius 3 is 2.77 bits per heavy atom. The molecule has 0 heterocycles. The van der Waals surface area contributed by atoms with Crippen LogP contribution in [-0.2, 0) is 14.3 Å². The maximum atomic E-state index is 11.1. The first-order chi connectivity index (χ1) is 6.24. The average molecular weight is 187 g/mol. The highest BCUT2D eigenvalue weighted by Gasteiger charge is 2.09. The van der Waals surface area contributed by atoms with Crippen LogP contribution in [0.1, 0.15) is 26.2 Å². The van der Waals surface area contributed by atoms with Crippen LogP contribution in [0.25, 0.3) is 0 Å². The molecule has 0 spiro atoms. The van der Waals surface area contributed by atoms with Gasteiger partial charge >= 0.3 is 0 Å². The monoisotopic (exact) mass is 187 g/mol. The van der Waals surface area contributed by atoms with Crippen molar-refractivity contribution in [3.05, 3.63) is 0 Å². The van der Waals surface area contributed by atoms with Gasteiger partial charge in [-0.05, 0) is 12.8 Å². The van der Waals surface area contributed by atoms with Crippen molar-refractivity contribution in [1.29, 1.82) is 0 Å². The van der Waals surface area contributed by atoms with Gasteiger partial charge < -0.3 is 14.8 Å². The van der Waals surface area contributed by atoms with Gasteiger partial charge in [0.2, 0.25) is 5.91 Å². The fourth-order valence-electron chi connectivity index (χ4n) is 0.925. The summed E-state index contributed by atoms with van der Waals surface area (Å²) in [6.45, 7) is 2.40. The zero-order valence-corrected chi connectivity index (χ0v) is 8.21. The molecule has 4 nitrogen and oxygen atoms in total. The lowest BCUT2D eigenvalue weighted by Crippen LogP contribution is -2.36. The predicted octanol–water partition coefficient (Wildman–Crippen LogP) is 0.507. The van der Waals surface area contributed by atoms with E-state index in [0.29, 0.717) is 19.4 Å². The predicted molar refractivity (Wildman–Crippen MR) is 49.4 cm³/mol. The van der Waals surface area contributed by atoms with E-state index in [1.807, 2.05) is 6.92 Å². The Kier molecular flexibility index (Phi) is 7.20. The highest BCUT2D eigenvalue weighted by molar-refractivity contribution is 5.79. The first-order valence-electron chi connectivity index (χ1n) is 4.48. The van der Waals surface area contributed by atoms with Crippen LogP contribution >= 0.6 is 0 Å². The number of hydrogen-bond donors (Lipinski definition) is 1. The first-order valence-corrected chi connectivity index (χ1v) is 4.48. The second-order valence-corrected chi connectivity index (χ2v) is 2.84. The van der Waals surface area contributed by atoms with Gasteiger partial charge in [-0.1, -0.05) is 6.92 Å². The molecule has 1 unspecified atom stereocenters. The molecule has 0 fully saturated rings. The van der Waals surface area contributed by atoms with Gasteiger partial charge in [0.25, 0.3) is 0 Å². The quantitative estimate of drug-likeness (QED) is 0.591. The Bertz CT molecular complexity index is 159. The fourth-order valence-corrected chi connectivity index (χ4v) is 0.925. The highest BCUT2D eigenvalue weighted by Crippen LogP contribution is 1.92.